The molecule has 0 aromatic heterocycles. The van der Waals surface area contributed by atoms with Crippen LogP contribution in [-0.4, -0.2) is 43.1 Å². The van der Waals surface area contributed by atoms with Gasteiger partial charge in [-0.1, -0.05) is 18.2 Å². The first-order valence-corrected chi connectivity index (χ1v) is 10.2. The summed E-state index contributed by atoms with van der Waals surface area (Å²) in [4.78, 5) is 28.2. The van der Waals surface area contributed by atoms with Crippen LogP contribution in [0.4, 0.5) is 17.1 Å². The van der Waals surface area contributed by atoms with Gasteiger partial charge < -0.3 is 15.1 Å². The van der Waals surface area contributed by atoms with E-state index in [4.69, 9.17) is 0 Å². The number of non-ortho nitro benzene ring substituents is 1. The first-order chi connectivity index (χ1) is 15.0. The van der Waals surface area contributed by atoms with Crippen LogP contribution in [-0.2, 0) is 11.2 Å². The van der Waals surface area contributed by atoms with Crippen LogP contribution in [0.1, 0.15) is 11.1 Å². The van der Waals surface area contributed by atoms with Gasteiger partial charge in [-0.05, 0) is 30.2 Å². The number of nitrogens with one attached hydrogen (secondary N) is 1. The van der Waals surface area contributed by atoms with Crippen LogP contribution in [0.3, 0.4) is 0 Å². The van der Waals surface area contributed by atoms with Crippen LogP contribution in [0.15, 0.2) is 55.1 Å². The Kier molecular flexibility index (Phi) is 5.58. The van der Waals surface area contributed by atoms with Gasteiger partial charge >= 0.3 is 0 Å². The van der Waals surface area contributed by atoms with Crippen molar-refractivity contribution >= 4 is 23.0 Å². The minimum atomic E-state index is -0.407. The average molecular weight is 417 g/mol. The maximum absolute atomic E-state index is 13.0. The summed E-state index contributed by atoms with van der Waals surface area (Å²) in [6.45, 7) is 5.95. The van der Waals surface area contributed by atoms with Crippen molar-refractivity contribution in [1.29, 1.82) is 5.26 Å². The van der Waals surface area contributed by atoms with Gasteiger partial charge in [0.2, 0.25) is 5.91 Å². The molecular formula is C23H23N5O3. The summed E-state index contributed by atoms with van der Waals surface area (Å²) < 4.78 is 0. The Morgan fingerprint density at radius 1 is 1.29 bits per heavy atom. The molecule has 2 atom stereocenters. The number of para-hydroxylation sites is 1. The molecule has 2 aromatic rings. The first-order valence-electron chi connectivity index (χ1n) is 10.2. The number of fused-ring (bicyclic) bond motifs is 3. The summed E-state index contributed by atoms with van der Waals surface area (Å²) in [6.07, 6.45) is 2.06. The predicted molar refractivity (Wildman–Crippen MR) is 118 cm³/mol. The van der Waals surface area contributed by atoms with Crippen molar-refractivity contribution in [2.75, 3.05) is 36.0 Å². The number of carbonyl (C=O) groups is 1. The Labute approximate surface area is 180 Å². The van der Waals surface area contributed by atoms with Gasteiger partial charge in [-0.15, -0.1) is 6.58 Å². The standard InChI is InChI=1S/C23H23N5O3/c1-2-9-25-23(29)19-13-17-12-18(28(30)31)7-8-21(17)27-11-10-26(15-22(19)27)20-6-4-3-5-16(20)14-24/h2-8,12,19,22H,1,9-11,13,15H2,(H,25,29)/t19-,22-/m1/s1. The molecule has 4 rings (SSSR count). The predicted octanol–water partition coefficient (Wildman–Crippen LogP) is 2.64. The van der Waals surface area contributed by atoms with Crippen molar-refractivity contribution in [2.45, 2.75) is 12.5 Å². The zero-order valence-electron chi connectivity index (χ0n) is 17.0. The lowest BCUT2D eigenvalue weighted by atomic mass is 9.83. The van der Waals surface area contributed by atoms with Crippen LogP contribution in [0.2, 0.25) is 0 Å². The van der Waals surface area contributed by atoms with Crippen LogP contribution in [0, 0.1) is 27.4 Å². The highest BCUT2D eigenvalue weighted by Gasteiger charge is 2.42. The summed E-state index contributed by atoms with van der Waals surface area (Å²) in [5.74, 6) is -0.464. The number of nitrogens with zero attached hydrogens (tertiary/aromatic N) is 4. The van der Waals surface area contributed by atoms with Crippen molar-refractivity contribution in [3.05, 3.63) is 76.4 Å². The number of nitro benzene ring substituents is 1. The molecule has 0 bridgehead atoms. The Bertz CT molecular complexity index is 1080. The second-order valence-corrected chi connectivity index (χ2v) is 7.75. The molecule has 1 saturated heterocycles. The fourth-order valence-electron chi connectivity index (χ4n) is 4.59. The van der Waals surface area contributed by atoms with Gasteiger partial charge in [0.15, 0.2) is 0 Å². The molecule has 2 aliphatic rings. The van der Waals surface area contributed by atoms with Crippen LogP contribution >= 0.6 is 0 Å². The highest BCUT2D eigenvalue weighted by atomic mass is 16.6. The lowest BCUT2D eigenvalue weighted by Crippen LogP contribution is -2.61. The van der Waals surface area contributed by atoms with E-state index in [1.807, 2.05) is 18.2 Å². The highest BCUT2D eigenvalue weighted by Crippen LogP contribution is 2.39. The quantitative estimate of drug-likeness (QED) is 0.456. The number of hydrogen-bond acceptors (Lipinski definition) is 6. The third kappa shape index (κ3) is 3.82. The molecule has 1 fully saturated rings. The largest absolute Gasteiger partial charge is 0.367 e. The Morgan fingerprint density at radius 3 is 2.84 bits per heavy atom. The molecule has 0 aliphatic carbocycles. The summed E-state index contributed by atoms with van der Waals surface area (Å²) in [7, 11) is 0. The molecule has 1 N–H and O–H groups in total. The SMILES string of the molecule is C=CCNC(=O)[C@@H]1Cc2cc([N+](=O)[O-])ccc2N2CCN(c3ccccc3C#N)C[C@H]12. The highest BCUT2D eigenvalue weighted by molar-refractivity contribution is 5.82. The van der Waals surface area contributed by atoms with E-state index in [0.717, 1.165) is 16.9 Å². The van der Waals surface area contributed by atoms with Crippen molar-refractivity contribution < 1.29 is 9.72 Å². The molecule has 158 valence electrons. The molecule has 2 heterocycles. The zero-order valence-corrected chi connectivity index (χ0v) is 17.0. The molecule has 2 aliphatic heterocycles. The maximum atomic E-state index is 13.0. The number of anilines is 2. The first kappa shape index (κ1) is 20.4. The third-order valence-electron chi connectivity index (χ3n) is 6.03. The van der Waals surface area contributed by atoms with Crippen molar-refractivity contribution in [3.63, 3.8) is 0 Å². The average Bonchev–Trinajstić information content (AvgIpc) is 2.81. The van der Waals surface area contributed by atoms with Crippen LogP contribution in [0.25, 0.3) is 0 Å². The van der Waals surface area contributed by atoms with Gasteiger partial charge in [-0.2, -0.15) is 5.26 Å². The zero-order chi connectivity index (χ0) is 22.0. The molecule has 0 radical (unpaired) electrons. The summed E-state index contributed by atoms with van der Waals surface area (Å²) >= 11 is 0. The van der Waals surface area contributed by atoms with Gasteiger partial charge in [0.1, 0.15) is 6.07 Å². The fraction of sp³-hybridized carbons (Fsp3) is 0.304. The topological polar surface area (TPSA) is 103 Å². The smallest absolute Gasteiger partial charge is 0.269 e. The minimum Gasteiger partial charge on any atom is -0.367 e. The number of hydrogen-bond donors (Lipinski definition) is 1. The second kappa shape index (κ2) is 8.48. The molecule has 2 aromatic carbocycles. The third-order valence-corrected chi connectivity index (χ3v) is 6.03. The van der Waals surface area contributed by atoms with E-state index >= 15 is 0 Å². The van der Waals surface area contributed by atoms with E-state index in [1.54, 1.807) is 24.3 Å². The molecule has 8 heteroatoms. The Balaban J connectivity index is 1.70. The van der Waals surface area contributed by atoms with Crippen molar-refractivity contribution in [2.24, 2.45) is 5.92 Å². The van der Waals surface area contributed by atoms with Gasteiger partial charge in [0, 0.05) is 44.0 Å². The monoisotopic (exact) mass is 417 g/mol. The lowest BCUT2D eigenvalue weighted by Gasteiger charge is -2.49. The summed E-state index contributed by atoms with van der Waals surface area (Å²) in [6, 6.07) is 14.5. The molecule has 31 heavy (non-hydrogen) atoms. The van der Waals surface area contributed by atoms with E-state index in [-0.39, 0.29) is 23.6 Å². The Hall–Kier alpha value is -3.86. The number of amides is 1. The van der Waals surface area contributed by atoms with Crippen LogP contribution < -0.4 is 15.1 Å². The number of benzene rings is 2. The Morgan fingerprint density at radius 2 is 2.10 bits per heavy atom. The second-order valence-electron chi connectivity index (χ2n) is 7.75. The number of nitriles is 1. The lowest BCUT2D eigenvalue weighted by molar-refractivity contribution is -0.384. The van der Waals surface area contributed by atoms with Gasteiger partial charge in [-0.25, -0.2) is 0 Å². The number of carbonyl (C=O) groups excluding carboxylic acids is 1. The molecule has 0 saturated carbocycles. The van der Waals surface area contributed by atoms with E-state index < -0.39 is 4.92 Å². The maximum Gasteiger partial charge on any atom is 0.269 e. The minimum absolute atomic E-state index is 0.0315. The van der Waals surface area contributed by atoms with E-state index in [2.05, 4.69) is 27.8 Å². The molecular weight excluding hydrogens is 394 g/mol. The normalized spacial score (nSPS) is 19.6. The van der Waals surface area contributed by atoms with Gasteiger partial charge in [0.05, 0.1) is 28.1 Å². The number of rotatable bonds is 5. The van der Waals surface area contributed by atoms with Gasteiger partial charge in [0.25, 0.3) is 5.69 Å². The van der Waals surface area contributed by atoms with E-state index in [1.165, 1.54) is 6.07 Å². The summed E-state index contributed by atoms with van der Waals surface area (Å²) in [5, 5.41) is 23.7. The molecule has 1 amide bonds. The van der Waals surface area contributed by atoms with Crippen LogP contribution in [0.5, 0.6) is 0 Å². The van der Waals surface area contributed by atoms with E-state index in [0.29, 0.717) is 38.2 Å². The fourth-order valence-corrected chi connectivity index (χ4v) is 4.59. The van der Waals surface area contributed by atoms with Crippen molar-refractivity contribution in [1.82, 2.24) is 5.32 Å². The van der Waals surface area contributed by atoms with E-state index in [9.17, 15) is 20.2 Å². The van der Waals surface area contributed by atoms with Crippen molar-refractivity contribution in [3.8, 4) is 6.07 Å². The van der Waals surface area contributed by atoms with Gasteiger partial charge in [-0.3, -0.25) is 14.9 Å². The summed E-state index contributed by atoms with van der Waals surface area (Å²) in [5.41, 5.74) is 3.26. The number of nitro groups is 1. The molecule has 0 spiro atoms. The molecule has 0 unspecified atom stereocenters. The number of piperazine rings is 1. The molecule has 8 nitrogen and oxygen atoms in total.